The molecule has 8 rings (SSSR count). The van der Waals surface area contributed by atoms with Crippen LogP contribution in [0.5, 0.6) is 11.5 Å². The first-order chi connectivity index (χ1) is 26.9. The van der Waals surface area contributed by atoms with Crippen molar-refractivity contribution in [1.82, 2.24) is 34.6 Å². The Morgan fingerprint density at radius 3 is 2.36 bits per heavy atom. The Morgan fingerprint density at radius 2 is 1.62 bits per heavy atom. The van der Waals surface area contributed by atoms with Crippen LogP contribution in [0.25, 0.3) is 11.4 Å². The number of nitrogens with zero attached hydrogens (tertiary/aromatic N) is 8. The number of piperidine rings is 1. The highest BCUT2D eigenvalue weighted by Crippen LogP contribution is 2.36. The van der Waals surface area contributed by atoms with Crippen LogP contribution >= 0.6 is 0 Å². The summed E-state index contributed by atoms with van der Waals surface area (Å²) in [5.41, 5.74) is 11.2. The molecular formula is C41H49N9O6. The quantitative estimate of drug-likeness (QED) is 0.204. The second kappa shape index (κ2) is 15.3. The molecule has 15 heteroatoms. The van der Waals surface area contributed by atoms with Crippen molar-refractivity contribution >= 4 is 23.6 Å². The van der Waals surface area contributed by atoms with Gasteiger partial charge in [0.15, 0.2) is 5.82 Å². The lowest BCUT2D eigenvalue weighted by atomic mass is 9.87. The number of ether oxygens (including phenoxy) is 1. The van der Waals surface area contributed by atoms with Gasteiger partial charge >= 0.3 is 0 Å². The molecule has 56 heavy (non-hydrogen) atoms. The smallest absolute Gasteiger partial charge is 0.258 e. The van der Waals surface area contributed by atoms with E-state index in [1.807, 2.05) is 13.8 Å². The van der Waals surface area contributed by atoms with E-state index in [2.05, 4.69) is 38.0 Å². The second-order valence-corrected chi connectivity index (χ2v) is 15.8. The standard InChI is InChI=1S/C41H49N9O6/c1-25(2)31-16-32(35(52)17-34(31)51)39(54)50-22-27-4-3-26(15-28(27)23-50)21-47-9-6-41(55,7-10-47)18-36(53)49-8-5-30-33(24-49)45-37(29-19-43-40(42)44-20-29)46-38(30)48-11-13-56-14-12-48/h3-4,15-17,19-20,25,51-52,55H,5-14,18,21-24H2,1-2H3,(H2,42,43,44). The number of hydrogen-bond donors (Lipinski definition) is 4. The van der Waals surface area contributed by atoms with Crippen molar-refractivity contribution in [2.75, 3.05) is 56.6 Å². The maximum Gasteiger partial charge on any atom is 0.258 e. The molecule has 4 aliphatic rings. The number of anilines is 2. The normalized spacial score (nSPS) is 18.2. The lowest BCUT2D eigenvalue weighted by Gasteiger charge is -2.39. The van der Waals surface area contributed by atoms with E-state index in [1.165, 1.54) is 6.07 Å². The summed E-state index contributed by atoms with van der Waals surface area (Å²) < 4.78 is 5.59. The van der Waals surface area contributed by atoms with Gasteiger partial charge in [-0.3, -0.25) is 14.5 Å². The number of phenols is 2. The monoisotopic (exact) mass is 763 g/mol. The summed E-state index contributed by atoms with van der Waals surface area (Å²) in [6.45, 7) is 10.2. The first-order valence-electron chi connectivity index (χ1n) is 19.4. The molecule has 0 aliphatic carbocycles. The minimum Gasteiger partial charge on any atom is -0.508 e. The summed E-state index contributed by atoms with van der Waals surface area (Å²) in [4.78, 5) is 53.4. The molecule has 2 aromatic heterocycles. The van der Waals surface area contributed by atoms with Crippen molar-refractivity contribution in [1.29, 1.82) is 0 Å². The van der Waals surface area contributed by atoms with E-state index in [4.69, 9.17) is 20.4 Å². The fourth-order valence-electron chi connectivity index (χ4n) is 8.29. The minimum absolute atomic E-state index is 0.00265. The van der Waals surface area contributed by atoms with Crippen LogP contribution < -0.4 is 10.6 Å². The number of carbonyl (C=O) groups is 2. The number of fused-ring (bicyclic) bond motifs is 2. The predicted octanol–water partition coefficient (Wildman–Crippen LogP) is 3.34. The van der Waals surface area contributed by atoms with Crippen LogP contribution in [0.2, 0.25) is 0 Å². The van der Waals surface area contributed by atoms with Gasteiger partial charge < -0.3 is 40.5 Å². The van der Waals surface area contributed by atoms with Crippen molar-refractivity contribution in [2.45, 2.75) is 77.2 Å². The molecule has 2 fully saturated rings. The first-order valence-corrected chi connectivity index (χ1v) is 19.4. The Bertz CT molecular complexity index is 2130. The lowest BCUT2D eigenvalue weighted by Crippen LogP contribution is -2.48. The van der Waals surface area contributed by atoms with Gasteiger partial charge in [-0.1, -0.05) is 32.0 Å². The van der Waals surface area contributed by atoms with Crippen LogP contribution in [-0.2, 0) is 42.1 Å². The Hall–Kier alpha value is -5.38. The summed E-state index contributed by atoms with van der Waals surface area (Å²) in [5, 5.41) is 32.4. The SMILES string of the molecule is CC(C)c1cc(C(=O)N2Cc3ccc(CN4CCC(O)(CC(=O)N5CCc6c(nc(-c7cnc(N)nc7)nc6N6CCOCC6)C5)CC4)cc3C2)c(O)cc1O. The number of aromatic hydroxyl groups is 2. The van der Waals surface area contributed by atoms with Gasteiger partial charge in [0, 0.05) is 76.4 Å². The highest BCUT2D eigenvalue weighted by Gasteiger charge is 2.37. The molecule has 0 bridgehead atoms. The van der Waals surface area contributed by atoms with E-state index in [9.17, 15) is 24.9 Å². The number of morpholine rings is 1. The molecule has 4 aromatic rings. The molecule has 0 unspecified atom stereocenters. The average molecular weight is 764 g/mol. The van der Waals surface area contributed by atoms with Gasteiger partial charge in [0.2, 0.25) is 11.9 Å². The molecule has 5 N–H and O–H groups in total. The van der Waals surface area contributed by atoms with Crippen molar-refractivity contribution < 1.29 is 29.6 Å². The number of aliphatic hydroxyl groups is 1. The van der Waals surface area contributed by atoms with Gasteiger partial charge in [-0.25, -0.2) is 19.9 Å². The van der Waals surface area contributed by atoms with Crippen LogP contribution in [0.15, 0.2) is 42.7 Å². The predicted molar refractivity (Wildman–Crippen MR) is 208 cm³/mol. The lowest BCUT2D eigenvalue weighted by molar-refractivity contribution is -0.139. The van der Waals surface area contributed by atoms with Crippen molar-refractivity contribution in [3.05, 3.63) is 81.8 Å². The van der Waals surface area contributed by atoms with E-state index >= 15 is 0 Å². The van der Waals surface area contributed by atoms with Gasteiger partial charge in [-0.15, -0.1) is 0 Å². The molecule has 0 spiro atoms. The molecule has 0 saturated carbocycles. The van der Waals surface area contributed by atoms with E-state index < -0.39 is 5.60 Å². The van der Waals surface area contributed by atoms with Crippen molar-refractivity contribution in [3.63, 3.8) is 0 Å². The number of hydrogen-bond acceptors (Lipinski definition) is 13. The Labute approximate surface area is 325 Å². The number of nitrogens with two attached hydrogens (primary N) is 1. The molecular weight excluding hydrogens is 715 g/mol. The molecule has 15 nitrogen and oxygen atoms in total. The summed E-state index contributed by atoms with van der Waals surface area (Å²) >= 11 is 0. The summed E-state index contributed by atoms with van der Waals surface area (Å²) in [7, 11) is 0. The zero-order valence-corrected chi connectivity index (χ0v) is 31.9. The fourth-order valence-corrected chi connectivity index (χ4v) is 8.29. The zero-order chi connectivity index (χ0) is 39.1. The number of rotatable bonds is 8. The second-order valence-electron chi connectivity index (χ2n) is 15.8. The molecule has 0 radical (unpaired) electrons. The van der Waals surface area contributed by atoms with Crippen LogP contribution in [0, 0.1) is 0 Å². The van der Waals surface area contributed by atoms with E-state index in [1.54, 1.807) is 28.3 Å². The summed E-state index contributed by atoms with van der Waals surface area (Å²) in [6, 6.07) is 9.12. The van der Waals surface area contributed by atoms with E-state index in [0.717, 1.165) is 33.8 Å². The Morgan fingerprint density at radius 1 is 0.893 bits per heavy atom. The third kappa shape index (κ3) is 7.71. The summed E-state index contributed by atoms with van der Waals surface area (Å²) in [6.07, 6.45) is 4.84. The molecule has 2 saturated heterocycles. The van der Waals surface area contributed by atoms with Gasteiger partial charge in [0.05, 0.1) is 48.6 Å². The topological polar surface area (TPSA) is 195 Å². The van der Waals surface area contributed by atoms with Crippen LogP contribution in [0.4, 0.5) is 11.8 Å². The van der Waals surface area contributed by atoms with Gasteiger partial charge in [-0.2, -0.15) is 0 Å². The number of nitrogen functional groups attached to an aromatic ring is 1. The Balaban J connectivity index is 0.880. The number of amides is 2. The number of aromatic nitrogens is 4. The van der Waals surface area contributed by atoms with Crippen LogP contribution in [0.1, 0.15) is 82.9 Å². The van der Waals surface area contributed by atoms with Gasteiger partial charge in [0.25, 0.3) is 5.91 Å². The van der Waals surface area contributed by atoms with E-state index in [-0.39, 0.29) is 47.2 Å². The number of benzene rings is 2. The van der Waals surface area contributed by atoms with Crippen LogP contribution in [-0.4, -0.2) is 113 Å². The summed E-state index contributed by atoms with van der Waals surface area (Å²) in [5.74, 6) is 0.891. The molecule has 2 amide bonds. The van der Waals surface area contributed by atoms with Crippen molar-refractivity contribution in [3.8, 4) is 22.9 Å². The van der Waals surface area contributed by atoms with E-state index in [0.29, 0.717) is 108 Å². The first kappa shape index (κ1) is 37.5. The maximum absolute atomic E-state index is 13.8. The molecule has 2 aromatic carbocycles. The molecule has 294 valence electrons. The zero-order valence-electron chi connectivity index (χ0n) is 31.9. The Kier molecular flexibility index (Phi) is 10.2. The van der Waals surface area contributed by atoms with Gasteiger partial charge in [-0.05, 0) is 53.5 Å². The average Bonchev–Trinajstić information content (AvgIpc) is 3.62. The van der Waals surface area contributed by atoms with Crippen LogP contribution in [0.3, 0.4) is 0 Å². The molecule has 6 heterocycles. The highest BCUT2D eigenvalue weighted by molar-refractivity contribution is 5.97. The maximum atomic E-state index is 13.8. The number of carbonyl (C=O) groups excluding carboxylic acids is 2. The minimum atomic E-state index is -1.10. The third-order valence-corrected chi connectivity index (χ3v) is 11.6. The number of likely N-dealkylation sites (tertiary alicyclic amines) is 1. The fraction of sp³-hybridized carbons (Fsp3) is 0.463. The third-order valence-electron chi connectivity index (χ3n) is 11.6. The number of phenolic OH excluding ortho intramolecular Hbond substituents is 2. The molecule has 4 aliphatic heterocycles. The molecule has 0 atom stereocenters. The largest absolute Gasteiger partial charge is 0.508 e. The van der Waals surface area contributed by atoms with Gasteiger partial charge in [0.1, 0.15) is 17.3 Å². The highest BCUT2D eigenvalue weighted by atomic mass is 16.5. The van der Waals surface area contributed by atoms with Crippen molar-refractivity contribution in [2.24, 2.45) is 0 Å².